The van der Waals surface area contributed by atoms with Crippen LogP contribution < -0.4 is 10.8 Å². The van der Waals surface area contributed by atoms with Crippen molar-refractivity contribution in [3.63, 3.8) is 0 Å². The van der Waals surface area contributed by atoms with Crippen LogP contribution in [0.3, 0.4) is 0 Å². The summed E-state index contributed by atoms with van der Waals surface area (Å²) < 4.78 is 1.75. The number of hydrogen-bond acceptors (Lipinski definition) is 4. The van der Waals surface area contributed by atoms with Gasteiger partial charge in [0.25, 0.3) is 0 Å². The number of carbonyl (C=O) groups is 2. The number of aromatic nitrogens is 3. The average Bonchev–Trinajstić information content (AvgIpc) is 3.22. The number of nitrogens with zero attached hydrogens (tertiary/aromatic N) is 4. The first-order valence-corrected chi connectivity index (χ1v) is 12.6. The molecule has 2 radical (unpaired) electrons. The van der Waals surface area contributed by atoms with Crippen LogP contribution in [0.5, 0.6) is 0 Å². The molecule has 0 aliphatic carbocycles. The predicted molar refractivity (Wildman–Crippen MR) is 142 cm³/mol. The highest BCUT2D eigenvalue weighted by Gasteiger charge is 2.30. The predicted octanol–water partition coefficient (Wildman–Crippen LogP) is 4.04. The first kappa shape index (κ1) is 24.3. The van der Waals surface area contributed by atoms with Crippen molar-refractivity contribution in [1.82, 2.24) is 19.7 Å². The number of nitrogens with one attached hydrogen (secondary N) is 1. The van der Waals surface area contributed by atoms with E-state index in [4.69, 9.17) is 19.4 Å². The number of halogens is 1. The van der Waals surface area contributed by atoms with Crippen molar-refractivity contribution in [2.45, 2.75) is 38.6 Å². The van der Waals surface area contributed by atoms with E-state index in [1.807, 2.05) is 37.1 Å². The van der Waals surface area contributed by atoms with Gasteiger partial charge in [-0.05, 0) is 54.7 Å². The van der Waals surface area contributed by atoms with Gasteiger partial charge in [-0.3, -0.25) is 19.3 Å². The second kappa shape index (κ2) is 9.93. The summed E-state index contributed by atoms with van der Waals surface area (Å²) >= 11 is 6.19. The normalized spacial score (nSPS) is 20.6. The highest BCUT2D eigenvalue weighted by molar-refractivity contribution is 6.36. The largest absolute Gasteiger partial charge is 0.330 e. The van der Waals surface area contributed by atoms with E-state index in [1.165, 1.54) is 0 Å². The number of fused-ring (bicyclic) bond motifs is 4. The average molecular weight is 500 g/mol. The molecular formula is C27H27BClN5O2. The SMILES string of the molecule is [B]c1ccc(Cl)cc1C1=CC(=O)N([C@H]2CCC[C@@H](C)C(=O)Nc3cnn(C)c3-c3ccnc2c3)CC1. The van der Waals surface area contributed by atoms with Crippen LogP contribution >= 0.6 is 11.6 Å². The van der Waals surface area contributed by atoms with Gasteiger partial charge in [0.2, 0.25) is 11.8 Å². The van der Waals surface area contributed by atoms with Crippen molar-refractivity contribution in [2.75, 3.05) is 11.9 Å². The van der Waals surface area contributed by atoms with Gasteiger partial charge in [-0.2, -0.15) is 5.10 Å². The van der Waals surface area contributed by atoms with Gasteiger partial charge in [-0.15, -0.1) is 0 Å². The van der Waals surface area contributed by atoms with Crippen molar-refractivity contribution >= 4 is 48.0 Å². The highest BCUT2D eigenvalue weighted by Crippen LogP contribution is 2.35. The molecule has 7 nitrogen and oxygen atoms in total. The van der Waals surface area contributed by atoms with E-state index < -0.39 is 0 Å². The van der Waals surface area contributed by atoms with Gasteiger partial charge >= 0.3 is 0 Å². The zero-order valence-electron chi connectivity index (χ0n) is 20.4. The Balaban J connectivity index is 1.52. The van der Waals surface area contributed by atoms with Gasteiger partial charge in [0.1, 0.15) is 7.85 Å². The van der Waals surface area contributed by atoms with E-state index in [9.17, 15) is 9.59 Å². The summed E-state index contributed by atoms with van der Waals surface area (Å²) in [6.07, 6.45) is 7.96. The van der Waals surface area contributed by atoms with Crippen LogP contribution in [-0.2, 0) is 16.6 Å². The monoisotopic (exact) mass is 499 g/mol. The lowest BCUT2D eigenvalue weighted by atomic mass is 9.84. The van der Waals surface area contributed by atoms with Crippen LogP contribution in [0.1, 0.15) is 49.9 Å². The van der Waals surface area contributed by atoms with Crippen molar-refractivity contribution in [3.8, 4) is 11.3 Å². The molecule has 9 heteroatoms. The maximum Gasteiger partial charge on any atom is 0.247 e. The molecule has 3 aromatic rings. The van der Waals surface area contributed by atoms with Crippen LogP contribution in [-0.4, -0.2) is 45.9 Å². The second-order valence-corrected chi connectivity index (χ2v) is 9.96. The number of rotatable bonds is 2. The standard InChI is InChI=1S/C27H27BClN5O2/c1-16-4-3-5-24(34-11-9-17(13-25(34)35)20-14-19(29)6-7-21(20)28)22-12-18(8-10-30-22)26-23(32-27(16)36)15-31-33(26)2/h6-8,10,12-16,24H,3-5,9,11H2,1-2H3,(H,32,36)/t16-,24+/m1/s1. The quantitative estimate of drug-likeness (QED) is 0.540. The summed E-state index contributed by atoms with van der Waals surface area (Å²) in [6, 6.07) is 9.02. The van der Waals surface area contributed by atoms with Gasteiger partial charge in [0.05, 0.1) is 29.3 Å². The Morgan fingerprint density at radius 3 is 2.81 bits per heavy atom. The molecule has 5 rings (SSSR count). The molecule has 1 aromatic carbocycles. The molecule has 0 saturated heterocycles. The third kappa shape index (κ3) is 4.70. The van der Waals surface area contributed by atoms with Gasteiger partial charge < -0.3 is 10.2 Å². The van der Waals surface area contributed by atoms with Gasteiger partial charge in [0.15, 0.2) is 0 Å². The Bertz CT molecular complexity index is 1370. The molecule has 0 spiro atoms. The molecular weight excluding hydrogens is 473 g/mol. The smallest absolute Gasteiger partial charge is 0.247 e. The molecule has 0 saturated carbocycles. The molecule has 2 amide bonds. The van der Waals surface area contributed by atoms with Crippen molar-refractivity contribution in [1.29, 1.82) is 0 Å². The Kier molecular flexibility index (Phi) is 6.71. The minimum Gasteiger partial charge on any atom is -0.330 e. The second-order valence-electron chi connectivity index (χ2n) is 9.52. The summed E-state index contributed by atoms with van der Waals surface area (Å²) in [5, 5.41) is 7.98. The molecule has 0 fully saturated rings. The third-order valence-corrected chi connectivity index (χ3v) is 7.33. The number of hydrogen-bond donors (Lipinski definition) is 1. The fraction of sp³-hybridized carbons (Fsp3) is 0.333. The molecule has 0 unspecified atom stereocenters. The first-order valence-electron chi connectivity index (χ1n) is 12.2. The van der Waals surface area contributed by atoms with Crippen LogP contribution in [0, 0.1) is 5.92 Å². The summed E-state index contributed by atoms with van der Waals surface area (Å²) in [4.78, 5) is 32.8. The molecule has 1 N–H and O–H groups in total. The summed E-state index contributed by atoms with van der Waals surface area (Å²) in [6.45, 7) is 2.47. The lowest BCUT2D eigenvalue weighted by molar-refractivity contribution is -0.129. The summed E-state index contributed by atoms with van der Waals surface area (Å²) in [5.41, 5.74) is 5.49. The molecule has 182 valence electrons. The van der Waals surface area contributed by atoms with E-state index in [1.54, 1.807) is 35.3 Å². The maximum atomic E-state index is 13.4. The van der Waals surface area contributed by atoms with Gasteiger partial charge in [-0.25, -0.2) is 0 Å². The first-order chi connectivity index (χ1) is 17.3. The maximum absolute atomic E-state index is 13.4. The van der Waals surface area contributed by atoms with Crippen LogP contribution in [0.25, 0.3) is 16.8 Å². The Morgan fingerprint density at radius 1 is 1.17 bits per heavy atom. The number of aryl methyl sites for hydroxylation is 1. The molecule has 4 heterocycles. The molecule has 2 aromatic heterocycles. The molecule has 2 aliphatic rings. The van der Waals surface area contributed by atoms with E-state index >= 15 is 0 Å². The highest BCUT2D eigenvalue weighted by atomic mass is 35.5. The molecule has 2 atom stereocenters. The van der Waals surface area contributed by atoms with E-state index in [0.29, 0.717) is 42.0 Å². The summed E-state index contributed by atoms with van der Waals surface area (Å²) in [7, 11) is 8.02. The van der Waals surface area contributed by atoms with Crippen LogP contribution in [0.2, 0.25) is 5.02 Å². The zero-order chi connectivity index (χ0) is 25.4. The van der Waals surface area contributed by atoms with Crippen LogP contribution in [0.4, 0.5) is 5.69 Å². The molecule has 2 bridgehead atoms. The zero-order valence-corrected chi connectivity index (χ0v) is 21.1. The number of pyridine rings is 1. The van der Waals surface area contributed by atoms with Gasteiger partial charge in [-0.1, -0.05) is 36.5 Å². The number of benzene rings is 1. The van der Waals surface area contributed by atoms with Crippen molar-refractivity contribution in [3.05, 3.63) is 65.1 Å². The van der Waals surface area contributed by atoms with E-state index in [0.717, 1.165) is 34.5 Å². The fourth-order valence-corrected chi connectivity index (χ4v) is 5.27. The molecule has 2 aliphatic heterocycles. The minimum atomic E-state index is -0.210. The van der Waals surface area contributed by atoms with E-state index in [2.05, 4.69) is 15.4 Å². The number of anilines is 1. The number of amides is 2. The van der Waals surface area contributed by atoms with Crippen molar-refractivity contribution < 1.29 is 9.59 Å². The molecule has 36 heavy (non-hydrogen) atoms. The van der Waals surface area contributed by atoms with Crippen molar-refractivity contribution in [2.24, 2.45) is 13.0 Å². The van der Waals surface area contributed by atoms with E-state index in [-0.39, 0.29) is 23.8 Å². The Hall–Kier alpha value is -3.39. The Labute approximate surface area is 217 Å². The summed E-state index contributed by atoms with van der Waals surface area (Å²) in [5.74, 6) is -0.276. The Morgan fingerprint density at radius 2 is 2.00 bits per heavy atom. The lowest BCUT2D eigenvalue weighted by Gasteiger charge is -2.34. The van der Waals surface area contributed by atoms with Gasteiger partial charge in [0, 0.05) is 42.4 Å². The minimum absolute atomic E-state index is 0.0311. The van der Waals surface area contributed by atoms with Crippen LogP contribution in [0.15, 0.2) is 48.8 Å². The topological polar surface area (TPSA) is 80.1 Å². The fourth-order valence-electron chi connectivity index (χ4n) is 5.10. The number of carbonyl (C=O) groups excluding carboxylic acids is 2. The third-order valence-electron chi connectivity index (χ3n) is 7.10. The lowest BCUT2D eigenvalue weighted by Crippen LogP contribution is -2.38.